The number of nitriles is 2. The first-order valence-electron chi connectivity index (χ1n) is 10.8. The number of benzene rings is 2. The first-order valence-corrected chi connectivity index (χ1v) is 13.2. The lowest BCUT2D eigenvalue weighted by Gasteiger charge is -2.23. The van der Waals surface area contributed by atoms with Crippen LogP contribution in [0.4, 0.5) is 11.4 Å². The van der Waals surface area contributed by atoms with Gasteiger partial charge in [-0.3, -0.25) is 9.36 Å². The third-order valence-corrected chi connectivity index (χ3v) is 8.31. The summed E-state index contributed by atoms with van der Waals surface area (Å²) in [6.45, 7) is 0. The zero-order valence-electron chi connectivity index (χ0n) is 20.0. The second-order valence-corrected chi connectivity index (χ2v) is 11.4. The van der Waals surface area contributed by atoms with Crippen molar-refractivity contribution < 1.29 is 0 Å². The highest BCUT2D eigenvalue weighted by Crippen LogP contribution is 2.38. The molecule has 36 heavy (non-hydrogen) atoms. The standard InChI is InChI=1S/C26H22Br2N6OS/c1-32(2)20-7-5-14(9-18(20)27)10-22-25(35)34-24(31)16(12-29)23(17(13-30)26(34)36-22)15-6-8-21(33(3)4)19(28)11-15/h5-11,23H,31H2,1-4H3/b22-10-/t23-/m1/s1. The van der Waals surface area contributed by atoms with Crippen LogP contribution in [0, 0.1) is 22.7 Å². The maximum Gasteiger partial charge on any atom is 0.274 e. The van der Waals surface area contributed by atoms with E-state index in [2.05, 4.69) is 44.0 Å². The van der Waals surface area contributed by atoms with Gasteiger partial charge >= 0.3 is 0 Å². The minimum atomic E-state index is -0.674. The van der Waals surface area contributed by atoms with Gasteiger partial charge in [-0.2, -0.15) is 10.5 Å². The highest BCUT2D eigenvalue weighted by atomic mass is 79.9. The van der Waals surface area contributed by atoms with Crippen LogP contribution in [0.25, 0.3) is 17.5 Å². The number of fused-ring (bicyclic) bond motifs is 1. The molecule has 0 saturated carbocycles. The molecule has 0 bridgehead atoms. The zero-order valence-corrected chi connectivity index (χ0v) is 24.0. The van der Waals surface area contributed by atoms with E-state index >= 15 is 0 Å². The van der Waals surface area contributed by atoms with Crippen LogP contribution < -0.4 is 30.3 Å². The van der Waals surface area contributed by atoms with Gasteiger partial charge in [0.15, 0.2) is 0 Å². The van der Waals surface area contributed by atoms with E-state index in [9.17, 15) is 15.3 Å². The summed E-state index contributed by atoms with van der Waals surface area (Å²) in [5.41, 5.74) is 10.1. The molecular formula is C26H22Br2N6OS. The average molecular weight is 626 g/mol. The van der Waals surface area contributed by atoms with Gasteiger partial charge in [-0.15, -0.1) is 11.3 Å². The van der Waals surface area contributed by atoms with Crippen LogP contribution in [0.1, 0.15) is 17.0 Å². The summed E-state index contributed by atoms with van der Waals surface area (Å²) in [5, 5.41) is 20.2. The Kier molecular flexibility index (Phi) is 7.14. The van der Waals surface area contributed by atoms with Gasteiger partial charge in [0.05, 0.1) is 45.1 Å². The van der Waals surface area contributed by atoms with Gasteiger partial charge in [0.25, 0.3) is 5.56 Å². The number of nitrogens with zero attached hydrogens (tertiary/aromatic N) is 5. The fourth-order valence-corrected chi connectivity index (χ4v) is 6.81. The molecule has 2 N–H and O–H groups in total. The number of hydrogen-bond donors (Lipinski definition) is 1. The molecule has 1 aromatic heterocycles. The molecule has 3 aromatic rings. The van der Waals surface area contributed by atoms with E-state index in [-0.39, 0.29) is 17.0 Å². The van der Waals surface area contributed by atoms with E-state index in [4.69, 9.17) is 5.73 Å². The van der Waals surface area contributed by atoms with Crippen molar-refractivity contribution in [2.45, 2.75) is 5.92 Å². The van der Waals surface area contributed by atoms with Crippen LogP contribution in [-0.4, -0.2) is 32.8 Å². The summed E-state index contributed by atoms with van der Waals surface area (Å²) in [5.74, 6) is -0.624. The monoisotopic (exact) mass is 624 g/mol. The maximum atomic E-state index is 13.4. The molecule has 1 aliphatic heterocycles. The van der Waals surface area contributed by atoms with Gasteiger partial charge in [0, 0.05) is 37.1 Å². The Hall–Kier alpha value is -3.31. The predicted molar refractivity (Wildman–Crippen MR) is 153 cm³/mol. The van der Waals surface area contributed by atoms with Crippen LogP contribution >= 0.6 is 43.2 Å². The summed E-state index contributed by atoms with van der Waals surface area (Å²) in [6, 6.07) is 15.9. The molecular weight excluding hydrogens is 604 g/mol. The van der Waals surface area contributed by atoms with Crippen LogP contribution in [0.15, 0.2) is 55.7 Å². The van der Waals surface area contributed by atoms with Crippen molar-refractivity contribution in [2.75, 3.05) is 38.0 Å². The van der Waals surface area contributed by atoms with E-state index in [1.807, 2.05) is 74.4 Å². The molecule has 182 valence electrons. The predicted octanol–water partition coefficient (Wildman–Crippen LogP) is 3.52. The molecule has 0 fully saturated rings. The lowest BCUT2D eigenvalue weighted by Crippen LogP contribution is -2.38. The summed E-state index contributed by atoms with van der Waals surface area (Å²) >= 11 is 8.37. The highest BCUT2D eigenvalue weighted by Gasteiger charge is 2.32. The van der Waals surface area contributed by atoms with Crippen molar-refractivity contribution in [1.82, 2.24) is 4.57 Å². The van der Waals surface area contributed by atoms with Gasteiger partial charge < -0.3 is 15.5 Å². The van der Waals surface area contributed by atoms with E-state index in [1.54, 1.807) is 6.08 Å². The average Bonchev–Trinajstić information content (AvgIpc) is 3.14. The molecule has 0 saturated heterocycles. The van der Waals surface area contributed by atoms with Gasteiger partial charge in [-0.25, -0.2) is 0 Å². The Morgan fingerprint density at radius 1 is 0.972 bits per heavy atom. The Balaban J connectivity index is 1.97. The van der Waals surface area contributed by atoms with Gasteiger partial charge in [0.2, 0.25) is 0 Å². The smallest absolute Gasteiger partial charge is 0.274 e. The maximum absolute atomic E-state index is 13.4. The molecule has 0 unspecified atom stereocenters. The van der Waals surface area contributed by atoms with Gasteiger partial charge in [-0.05, 0) is 73.3 Å². The van der Waals surface area contributed by atoms with E-state index in [0.717, 1.165) is 31.4 Å². The Morgan fingerprint density at radius 3 is 2.08 bits per heavy atom. The summed E-state index contributed by atoms with van der Waals surface area (Å²) in [7, 11) is 7.77. The third-order valence-electron chi connectivity index (χ3n) is 5.93. The van der Waals surface area contributed by atoms with Crippen molar-refractivity contribution in [3.63, 3.8) is 0 Å². The van der Waals surface area contributed by atoms with Crippen molar-refractivity contribution in [1.29, 1.82) is 10.5 Å². The van der Waals surface area contributed by atoms with Gasteiger partial charge in [-0.1, -0.05) is 12.1 Å². The normalized spacial score (nSPS) is 15.4. The van der Waals surface area contributed by atoms with Crippen LogP contribution in [-0.2, 0) is 0 Å². The molecule has 1 atom stereocenters. The second kappa shape index (κ2) is 9.98. The minimum absolute atomic E-state index is 0.0503. The van der Waals surface area contributed by atoms with E-state index in [1.165, 1.54) is 15.9 Å². The summed E-state index contributed by atoms with van der Waals surface area (Å²) in [6.07, 6.45) is 1.77. The number of aromatic nitrogens is 1. The lowest BCUT2D eigenvalue weighted by atomic mass is 9.84. The van der Waals surface area contributed by atoms with Crippen molar-refractivity contribution >= 4 is 72.0 Å². The van der Waals surface area contributed by atoms with E-state index in [0.29, 0.717) is 14.8 Å². The fourth-order valence-electron chi connectivity index (χ4n) is 4.18. The largest absolute Gasteiger partial charge is 0.384 e. The Labute approximate surface area is 229 Å². The SMILES string of the molecule is CN(C)c1ccc(/C=c2\sc3n(c2=O)C(N)=C(C#N)[C@@H](c2ccc(N(C)C)c(Br)c2)C=3C#N)cc1Br. The number of rotatable bonds is 4. The number of allylic oxidation sites excluding steroid dienone is 1. The van der Waals surface area contributed by atoms with Crippen molar-refractivity contribution in [3.05, 3.63) is 81.6 Å². The Morgan fingerprint density at radius 2 is 1.56 bits per heavy atom. The zero-order chi connectivity index (χ0) is 26.3. The summed E-state index contributed by atoms with van der Waals surface area (Å²) in [4.78, 5) is 17.3. The molecule has 7 nitrogen and oxygen atoms in total. The van der Waals surface area contributed by atoms with Gasteiger partial charge in [0.1, 0.15) is 10.5 Å². The number of nitrogens with two attached hydrogens (primary N) is 1. The minimum Gasteiger partial charge on any atom is -0.384 e. The molecule has 2 aromatic carbocycles. The topological polar surface area (TPSA) is 102 Å². The molecule has 4 rings (SSSR count). The highest BCUT2D eigenvalue weighted by molar-refractivity contribution is 9.11. The molecule has 2 heterocycles. The number of halogens is 2. The van der Waals surface area contributed by atoms with Crippen LogP contribution in [0.2, 0.25) is 0 Å². The third kappa shape index (κ3) is 4.37. The number of hydrogen-bond acceptors (Lipinski definition) is 7. The molecule has 0 spiro atoms. The Bertz CT molecular complexity index is 1680. The molecule has 0 aliphatic carbocycles. The van der Waals surface area contributed by atoms with Crippen molar-refractivity contribution in [3.8, 4) is 12.1 Å². The summed E-state index contributed by atoms with van der Waals surface area (Å²) < 4.78 is 3.87. The first kappa shape index (κ1) is 25.8. The number of anilines is 2. The van der Waals surface area contributed by atoms with Crippen LogP contribution in [0.5, 0.6) is 0 Å². The lowest BCUT2D eigenvalue weighted by molar-refractivity contribution is 0.905. The van der Waals surface area contributed by atoms with Crippen molar-refractivity contribution in [2.24, 2.45) is 5.73 Å². The van der Waals surface area contributed by atoms with E-state index < -0.39 is 5.92 Å². The molecule has 10 heteroatoms. The second-order valence-electron chi connectivity index (χ2n) is 8.64. The van der Waals surface area contributed by atoms with Crippen LogP contribution in [0.3, 0.4) is 0 Å². The fraction of sp³-hybridized carbons (Fsp3) is 0.192. The number of thiazole rings is 1. The molecule has 0 radical (unpaired) electrons. The molecule has 1 aliphatic rings. The first-order chi connectivity index (χ1) is 17.1. The molecule has 0 amide bonds. The quantitative estimate of drug-likeness (QED) is 0.476.